The average Bonchev–Trinajstić information content (AvgIpc) is 3.09. The first-order valence-corrected chi connectivity index (χ1v) is 10.6. The number of furan rings is 1. The summed E-state index contributed by atoms with van der Waals surface area (Å²) >= 11 is 0. The van der Waals surface area contributed by atoms with Crippen molar-refractivity contribution in [1.29, 1.82) is 0 Å². The summed E-state index contributed by atoms with van der Waals surface area (Å²) in [5.74, 6) is 1.27. The predicted octanol–water partition coefficient (Wildman–Crippen LogP) is 6.85. The SMILES string of the molecule is COC(CCCCCCCCC[C@@H](C)CC(=O)OC(C)(C)C)c1ccco1. The summed E-state index contributed by atoms with van der Waals surface area (Å²) in [4.78, 5) is 11.8. The third-order valence-electron chi connectivity index (χ3n) is 4.74. The Hall–Kier alpha value is -1.29. The summed E-state index contributed by atoms with van der Waals surface area (Å²) in [5, 5.41) is 0. The van der Waals surface area contributed by atoms with Gasteiger partial charge in [0.25, 0.3) is 0 Å². The highest BCUT2D eigenvalue weighted by atomic mass is 16.6. The zero-order valence-electron chi connectivity index (χ0n) is 18.1. The Balaban J connectivity index is 1.96. The lowest BCUT2D eigenvalue weighted by molar-refractivity contribution is -0.155. The lowest BCUT2D eigenvalue weighted by atomic mass is 9.98. The van der Waals surface area contributed by atoms with Crippen LogP contribution in [0.3, 0.4) is 0 Å². The van der Waals surface area contributed by atoms with Crippen LogP contribution >= 0.6 is 0 Å². The summed E-state index contributed by atoms with van der Waals surface area (Å²) in [7, 11) is 1.75. The number of carbonyl (C=O) groups excluding carboxylic acids is 1. The third-order valence-corrected chi connectivity index (χ3v) is 4.74. The van der Waals surface area contributed by atoms with Crippen LogP contribution < -0.4 is 0 Å². The van der Waals surface area contributed by atoms with Crippen molar-refractivity contribution in [2.45, 2.75) is 104 Å². The quantitative estimate of drug-likeness (QED) is 0.262. The second-order valence-corrected chi connectivity index (χ2v) is 8.69. The van der Waals surface area contributed by atoms with Crippen LogP contribution in [0.4, 0.5) is 0 Å². The largest absolute Gasteiger partial charge is 0.467 e. The van der Waals surface area contributed by atoms with Gasteiger partial charge >= 0.3 is 5.97 Å². The van der Waals surface area contributed by atoms with E-state index in [2.05, 4.69) is 6.92 Å². The van der Waals surface area contributed by atoms with Gasteiger partial charge in [-0.3, -0.25) is 4.79 Å². The minimum atomic E-state index is -0.377. The molecule has 0 fully saturated rings. The standard InChI is InChI=1S/C23H40O4/c1-19(18-22(24)27-23(2,3)4)14-11-9-7-6-8-10-12-15-20(25-5)21-16-13-17-26-21/h13,16-17,19-20H,6-12,14-15,18H2,1-5H3/t19-,20?/m1/s1. The number of esters is 1. The molecule has 0 aliphatic heterocycles. The van der Waals surface area contributed by atoms with Crippen molar-refractivity contribution >= 4 is 5.97 Å². The van der Waals surface area contributed by atoms with Crippen LogP contribution in [0, 0.1) is 5.92 Å². The molecule has 0 saturated carbocycles. The van der Waals surface area contributed by atoms with Crippen molar-refractivity contribution in [3.8, 4) is 0 Å². The monoisotopic (exact) mass is 380 g/mol. The molecule has 4 nitrogen and oxygen atoms in total. The van der Waals surface area contributed by atoms with Crippen molar-refractivity contribution in [3.63, 3.8) is 0 Å². The summed E-state index contributed by atoms with van der Waals surface area (Å²) in [5.41, 5.74) is -0.377. The molecular formula is C23H40O4. The minimum Gasteiger partial charge on any atom is -0.467 e. The van der Waals surface area contributed by atoms with Crippen LogP contribution in [0.2, 0.25) is 0 Å². The predicted molar refractivity (Wildman–Crippen MR) is 110 cm³/mol. The molecular weight excluding hydrogens is 340 g/mol. The number of ether oxygens (including phenoxy) is 2. The Morgan fingerprint density at radius 1 is 1.04 bits per heavy atom. The number of methoxy groups -OCH3 is 1. The number of carbonyl (C=O) groups is 1. The van der Waals surface area contributed by atoms with Crippen LogP contribution in [-0.2, 0) is 14.3 Å². The van der Waals surface area contributed by atoms with E-state index in [-0.39, 0.29) is 17.7 Å². The molecule has 0 aromatic carbocycles. The Bertz CT molecular complexity index is 487. The van der Waals surface area contributed by atoms with Crippen LogP contribution in [-0.4, -0.2) is 18.7 Å². The van der Waals surface area contributed by atoms with Gasteiger partial charge < -0.3 is 13.9 Å². The molecule has 0 aliphatic carbocycles. The summed E-state index contributed by atoms with van der Waals surface area (Å²) in [6, 6.07) is 3.90. The maximum Gasteiger partial charge on any atom is 0.306 e. The number of hydrogen-bond acceptors (Lipinski definition) is 4. The van der Waals surface area contributed by atoms with Crippen molar-refractivity contribution < 1.29 is 18.7 Å². The Morgan fingerprint density at radius 2 is 1.63 bits per heavy atom. The molecule has 1 heterocycles. The maximum absolute atomic E-state index is 11.8. The summed E-state index contributed by atoms with van der Waals surface area (Å²) in [6.07, 6.45) is 13.2. The first-order chi connectivity index (χ1) is 12.8. The fourth-order valence-corrected chi connectivity index (χ4v) is 3.33. The van der Waals surface area contributed by atoms with Gasteiger partial charge in [-0.2, -0.15) is 0 Å². The van der Waals surface area contributed by atoms with Gasteiger partial charge in [0.15, 0.2) is 0 Å². The van der Waals surface area contributed by atoms with Gasteiger partial charge in [0.05, 0.1) is 6.26 Å². The van der Waals surface area contributed by atoms with Gasteiger partial charge in [-0.1, -0.05) is 58.3 Å². The van der Waals surface area contributed by atoms with Crippen molar-refractivity contribution in [2.24, 2.45) is 5.92 Å². The number of unbranched alkanes of at least 4 members (excludes halogenated alkanes) is 6. The van der Waals surface area contributed by atoms with Crippen LogP contribution in [0.25, 0.3) is 0 Å². The van der Waals surface area contributed by atoms with Crippen molar-refractivity contribution in [2.75, 3.05) is 7.11 Å². The van der Waals surface area contributed by atoms with Gasteiger partial charge in [-0.15, -0.1) is 0 Å². The zero-order chi connectivity index (χ0) is 20.1. The molecule has 0 spiro atoms. The van der Waals surface area contributed by atoms with Gasteiger partial charge in [0.2, 0.25) is 0 Å². The molecule has 2 atom stereocenters. The van der Waals surface area contributed by atoms with Crippen molar-refractivity contribution in [3.05, 3.63) is 24.2 Å². The molecule has 156 valence electrons. The normalized spacial score (nSPS) is 14.1. The molecule has 4 heteroatoms. The summed E-state index contributed by atoms with van der Waals surface area (Å²) < 4.78 is 16.3. The van der Waals surface area contributed by atoms with E-state index in [1.54, 1.807) is 13.4 Å². The van der Waals surface area contributed by atoms with E-state index in [1.807, 2.05) is 32.9 Å². The smallest absolute Gasteiger partial charge is 0.306 e. The highest BCUT2D eigenvalue weighted by molar-refractivity contribution is 5.70. The minimum absolute atomic E-state index is 0.0705. The highest BCUT2D eigenvalue weighted by Gasteiger charge is 2.18. The Labute approximate surface area is 166 Å². The number of rotatable bonds is 14. The topological polar surface area (TPSA) is 48.7 Å². The van der Waals surface area contributed by atoms with E-state index in [0.717, 1.165) is 18.6 Å². The van der Waals surface area contributed by atoms with Crippen LogP contribution in [0.1, 0.15) is 104 Å². The molecule has 27 heavy (non-hydrogen) atoms. The zero-order valence-corrected chi connectivity index (χ0v) is 18.1. The third kappa shape index (κ3) is 11.9. The lowest BCUT2D eigenvalue weighted by Crippen LogP contribution is -2.24. The maximum atomic E-state index is 11.8. The molecule has 1 rings (SSSR count). The second kappa shape index (κ2) is 13.0. The van der Waals surface area contributed by atoms with E-state index < -0.39 is 0 Å². The first-order valence-electron chi connectivity index (χ1n) is 10.6. The molecule has 0 saturated heterocycles. The van der Waals surface area contributed by atoms with Crippen LogP contribution in [0.5, 0.6) is 0 Å². The van der Waals surface area contributed by atoms with Gasteiger partial charge in [-0.05, 0) is 45.2 Å². The van der Waals surface area contributed by atoms with E-state index in [1.165, 1.54) is 44.9 Å². The van der Waals surface area contributed by atoms with Gasteiger partial charge in [-0.25, -0.2) is 0 Å². The van der Waals surface area contributed by atoms with E-state index >= 15 is 0 Å². The van der Waals surface area contributed by atoms with E-state index in [4.69, 9.17) is 13.9 Å². The van der Waals surface area contributed by atoms with Crippen molar-refractivity contribution in [1.82, 2.24) is 0 Å². The molecule has 0 amide bonds. The van der Waals surface area contributed by atoms with E-state index in [9.17, 15) is 4.79 Å². The Morgan fingerprint density at radius 3 is 2.15 bits per heavy atom. The highest BCUT2D eigenvalue weighted by Crippen LogP contribution is 2.24. The van der Waals surface area contributed by atoms with Gasteiger partial charge in [0, 0.05) is 13.5 Å². The molecule has 0 aliphatic rings. The van der Waals surface area contributed by atoms with Gasteiger partial charge in [0.1, 0.15) is 17.5 Å². The molecule has 1 aromatic heterocycles. The van der Waals surface area contributed by atoms with Crippen LogP contribution in [0.15, 0.2) is 22.8 Å². The molecule has 0 bridgehead atoms. The van der Waals surface area contributed by atoms with E-state index in [0.29, 0.717) is 12.3 Å². The fourth-order valence-electron chi connectivity index (χ4n) is 3.33. The Kier molecular flexibility index (Phi) is 11.4. The average molecular weight is 381 g/mol. The molecule has 0 radical (unpaired) electrons. The number of hydrogen-bond donors (Lipinski definition) is 0. The molecule has 0 N–H and O–H groups in total. The lowest BCUT2D eigenvalue weighted by Gasteiger charge is -2.20. The fraction of sp³-hybridized carbons (Fsp3) is 0.783. The molecule has 1 unspecified atom stereocenters. The summed E-state index contributed by atoms with van der Waals surface area (Å²) in [6.45, 7) is 7.90. The molecule has 1 aromatic rings. The second-order valence-electron chi connectivity index (χ2n) is 8.69. The first kappa shape index (κ1) is 23.7.